The molecule has 8 nitrogen and oxygen atoms in total. The smallest absolute Gasteiger partial charge is 0.267 e. The predicted molar refractivity (Wildman–Crippen MR) is 119 cm³/mol. The number of aryl methyl sites for hydroxylation is 2. The van der Waals surface area contributed by atoms with Crippen molar-refractivity contribution in [1.82, 2.24) is 9.62 Å². The van der Waals surface area contributed by atoms with E-state index in [2.05, 4.69) is 4.72 Å². The van der Waals surface area contributed by atoms with Gasteiger partial charge in [-0.2, -0.15) is 0 Å². The first-order valence-corrected chi connectivity index (χ1v) is 11.7. The number of methoxy groups -OCH3 is 2. The fraction of sp³-hybridized carbons (Fsp3) is 0.391. The fourth-order valence-electron chi connectivity index (χ4n) is 3.92. The van der Waals surface area contributed by atoms with Crippen LogP contribution in [0.15, 0.2) is 41.3 Å². The first kappa shape index (κ1) is 23.6. The molecule has 1 aliphatic rings. The molecule has 0 aromatic heterocycles. The quantitative estimate of drug-likeness (QED) is 0.681. The van der Waals surface area contributed by atoms with Gasteiger partial charge < -0.3 is 14.4 Å². The van der Waals surface area contributed by atoms with Crippen LogP contribution in [-0.2, 0) is 26.0 Å². The van der Waals surface area contributed by atoms with Gasteiger partial charge in [0.2, 0.25) is 5.91 Å². The maximum atomic E-state index is 13.0. The highest BCUT2D eigenvalue weighted by atomic mass is 32.2. The molecule has 32 heavy (non-hydrogen) atoms. The lowest BCUT2D eigenvalue weighted by molar-refractivity contribution is -0.156. The SMILES string of the molecule is COc1ccc(OC)c(S(=O)(=O)NC(=O)C2(C)CCN2C(=O)Cc2cc(C)cc(C)c2)c1. The zero-order valence-electron chi connectivity index (χ0n) is 18.9. The zero-order valence-corrected chi connectivity index (χ0v) is 19.7. The average molecular weight is 461 g/mol. The molecule has 9 heteroatoms. The summed E-state index contributed by atoms with van der Waals surface area (Å²) in [6, 6.07) is 10.2. The highest BCUT2D eigenvalue weighted by molar-refractivity contribution is 7.90. The van der Waals surface area contributed by atoms with E-state index in [0.717, 1.165) is 16.7 Å². The molecule has 0 spiro atoms. The molecule has 1 heterocycles. The van der Waals surface area contributed by atoms with E-state index in [1.165, 1.54) is 31.3 Å². The number of amides is 2. The maximum absolute atomic E-state index is 13.0. The lowest BCUT2D eigenvalue weighted by Gasteiger charge is -2.49. The van der Waals surface area contributed by atoms with E-state index in [0.29, 0.717) is 18.7 Å². The summed E-state index contributed by atoms with van der Waals surface area (Å²) in [5.41, 5.74) is 1.70. The molecule has 3 rings (SSSR count). The van der Waals surface area contributed by atoms with Gasteiger partial charge in [0.05, 0.1) is 20.6 Å². The van der Waals surface area contributed by atoms with Crippen LogP contribution in [0.3, 0.4) is 0 Å². The number of hydrogen-bond donors (Lipinski definition) is 1. The topological polar surface area (TPSA) is 102 Å². The Bertz CT molecular complexity index is 1140. The largest absolute Gasteiger partial charge is 0.497 e. The van der Waals surface area contributed by atoms with Crippen LogP contribution in [0.5, 0.6) is 11.5 Å². The van der Waals surface area contributed by atoms with Crippen LogP contribution < -0.4 is 14.2 Å². The third-order valence-electron chi connectivity index (χ3n) is 5.73. The Labute approximate surface area is 188 Å². The first-order chi connectivity index (χ1) is 15.0. The van der Waals surface area contributed by atoms with Gasteiger partial charge in [-0.3, -0.25) is 9.59 Å². The Morgan fingerprint density at radius 1 is 1.06 bits per heavy atom. The molecule has 0 bridgehead atoms. The first-order valence-electron chi connectivity index (χ1n) is 10.2. The van der Waals surface area contributed by atoms with E-state index in [-0.39, 0.29) is 23.0 Å². The van der Waals surface area contributed by atoms with Crippen molar-refractivity contribution in [2.75, 3.05) is 20.8 Å². The molecule has 1 atom stereocenters. The van der Waals surface area contributed by atoms with Crippen molar-refractivity contribution in [3.05, 3.63) is 53.1 Å². The van der Waals surface area contributed by atoms with Gasteiger partial charge in [0, 0.05) is 12.6 Å². The summed E-state index contributed by atoms with van der Waals surface area (Å²) in [7, 11) is -1.51. The molecule has 1 saturated heterocycles. The molecule has 1 fully saturated rings. The summed E-state index contributed by atoms with van der Waals surface area (Å²) in [5, 5.41) is 0. The number of hydrogen-bond acceptors (Lipinski definition) is 6. The lowest BCUT2D eigenvalue weighted by atomic mass is 9.85. The number of sulfonamides is 1. The van der Waals surface area contributed by atoms with Crippen molar-refractivity contribution in [2.24, 2.45) is 0 Å². The summed E-state index contributed by atoms with van der Waals surface area (Å²) in [5.74, 6) is -0.607. The van der Waals surface area contributed by atoms with E-state index in [1.807, 2.05) is 32.0 Å². The number of carbonyl (C=O) groups excluding carboxylic acids is 2. The van der Waals surface area contributed by atoms with E-state index in [9.17, 15) is 18.0 Å². The minimum atomic E-state index is -4.26. The Morgan fingerprint density at radius 3 is 2.25 bits per heavy atom. The molecule has 0 aliphatic carbocycles. The van der Waals surface area contributed by atoms with E-state index in [1.54, 1.807) is 13.0 Å². The number of likely N-dealkylation sites (tertiary alicyclic amines) is 1. The summed E-state index contributed by atoms with van der Waals surface area (Å²) >= 11 is 0. The molecule has 0 saturated carbocycles. The number of ether oxygens (including phenoxy) is 2. The molecule has 2 amide bonds. The van der Waals surface area contributed by atoms with Crippen molar-refractivity contribution >= 4 is 21.8 Å². The molecule has 1 N–H and O–H groups in total. The highest BCUT2D eigenvalue weighted by Gasteiger charge is 2.50. The third kappa shape index (κ3) is 4.57. The van der Waals surface area contributed by atoms with Crippen molar-refractivity contribution < 1.29 is 27.5 Å². The predicted octanol–water partition coefficient (Wildman–Crippen LogP) is 2.36. The molecule has 0 radical (unpaired) electrons. The second kappa shape index (κ2) is 8.82. The second-order valence-electron chi connectivity index (χ2n) is 8.19. The summed E-state index contributed by atoms with van der Waals surface area (Å²) in [6.45, 7) is 5.87. The van der Waals surface area contributed by atoms with Gasteiger partial charge in [-0.05, 0) is 44.9 Å². The summed E-state index contributed by atoms with van der Waals surface area (Å²) < 4.78 is 38.2. The average Bonchev–Trinajstić information content (AvgIpc) is 2.70. The summed E-state index contributed by atoms with van der Waals surface area (Å²) in [4.78, 5) is 27.1. The van der Waals surface area contributed by atoms with Crippen LogP contribution in [0.25, 0.3) is 0 Å². The standard InChI is InChI=1S/C23H28N2O6S/c1-15-10-16(2)12-17(11-15)13-21(26)25-9-8-23(25,3)22(27)24-32(28,29)20-14-18(30-4)6-7-19(20)31-5/h6-7,10-12,14H,8-9,13H2,1-5H3,(H,24,27). The fourth-order valence-corrected chi connectivity index (χ4v) is 5.18. The van der Waals surface area contributed by atoms with E-state index < -0.39 is 21.5 Å². The number of nitrogens with zero attached hydrogens (tertiary/aromatic N) is 1. The number of benzene rings is 2. The van der Waals surface area contributed by atoms with Crippen LogP contribution in [0.1, 0.15) is 30.0 Å². The Balaban J connectivity index is 1.79. The molecule has 2 aromatic rings. The third-order valence-corrected chi connectivity index (χ3v) is 7.08. The second-order valence-corrected chi connectivity index (χ2v) is 9.84. The lowest BCUT2D eigenvalue weighted by Crippen LogP contribution is -2.68. The van der Waals surface area contributed by atoms with Gasteiger partial charge in [-0.15, -0.1) is 0 Å². The number of rotatable bonds is 7. The number of nitrogens with one attached hydrogen (secondary N) is 1. The van der Waals surface area contributed by atoms with E-state index in [4.69, 9.17) is 9.47 Å². The molecule has 2 aromatic carbocycles. The molecular formula is C23H28N2O6S. The molecule has 1 aliphatic heterocycles. The van der Waals surface area contributed by atoms with Gasteiger partial charge in [0.1, 0.15) is 21.9 Å². The van der Waals surface area contributed by atoms with Crippen molar-refractivity contribution in [2.45, 2.75) is 44.0 Å². The van der Waals surface area contributed by atoms with Crippen LogP contribution in [0, 0.1) is 13.8 Å². The van der Waals surface area contributed by atoms with Crippen molar-refractivity contribution in [3.63, 3.8) is 0 Å². The van der Waals surface area contributed by atoms with Crippen LogP contribution >= 0.6 is 0 Å². The minimum absolute atomic E-state index is 0.0765. The van der Waals surface area contributed by atoms with Gasteiger partial charge in [0.25, 0.3) is 15.9 Å². The molecular weight excluding hydrogens is 432 g/mol. The van der Waals surface area contributed by atoms with Crippen LogP contribution in [0.4, 0.5) is 0 Å². The normalized spacial score (nSPS) is 18.0. The van der Waals surface area contributed by atoms with Crippen LogP contribution in [0.2, 0.25) is 0 Å². The van der Waals surface area contributed by atoms with Crippen molar-refractivity contribution in [3.8, 4) is 11.5 Å². The maximum Gasteiger partial charge on any atom is 0.267 e. The summed E-state index contributed by atoms with van der Waals surface area (Å²) in [6.07, 6.45) is 0.504. The Morgan fingerprint density at radius 2 is 1.72 bits per heavy atom. The van der Waals surface area contributed by atoms with Crippen molar-refractivity contribution in [1.29, 1.82) is 0 Å². The number of carbonyl (C=O) groups is 2. The van der Waals surface area contributed by atoms with Crippen LogP contribution in [-0.4, -0.2) is 51.4 Å². The zero-order chi connectivity index (χ0) is 23.7. The van der Waals surface area contributed by atoms with Gasteiger partial charge in [0.15, 0.2) is 0 Å². The highest BCUT2D eigenvalue weighted by Crippen LogP contribution is 2.33. The van der Waals surface area contributed by atoms with Gasteiger partial charge in [-0.1, -0.05) is 29.3 Å². The Kier molecular flexibility index (Phi) is 6.50. The minimum Gasteiger partial charge on any atom is -0.497 e. The monoisotopic (exact) mass is 460 g/mol. The van der Waals surface area contributed by atoms with Gasteiger partial charge >= 0.3 is 0 Å². The molecule has 172 valence electrons. The van der Waals surface area contributed by atoms with E-state index >= 15 is 0 Å². The van der Waals surface area contributed by atoms with Gasteiger partial charge in [-0.25, -0.2) is 13.1 Å². The molecule has 1 unspecified atom stereocenters. The Hall–Kier alpha value is -3.07.